The lowest BCUT2D eigenvalue weighted by Crippen LogP contribution is -2.28. The maximum atomic E-state index is 11.0. The molecule has 5 heteroatoms. The first-order chi connectivity index (χ1) is 7.60. The average Bonchev–Trinajstić information content (AvgIpc) is 2.25. The Bertz CT molecular complexity index is 381. The second kappa shape index (κ2) is 5.86. The number of ether oxygens (including phenoxy) is 1. The Morgan fingerprint density at radius 1 is 1.62 bits per heavy atom. The van der Waals surface area contributed by atoms with Gasteiger partial charge in [0.1, 0.15) is 11.8 Å². The SMILES string of the molecule is CCNC(C(=O)O)c1ccc(OC)c(Br)c1. The molecule has 88 valence electrons. The van der Waals surface area contributed by atoms with Crippen molar-refractivity contribution in [2.24, 2.45) is 0 Å². The number of carboxylic acid groups (broad SMARTS) is 1. The van der Waals surface area contributed by atoms with Crippen LogP contribution in [0, 0.1) is 0 Å². The van der Waals surface area contributed by atoms with Gasteiger partial charge in [-0.3, -0.25) is 4.79 Å². The molecule has 0 spiro atoms. The molecule has 1 aromatic carbocycles. The van der Waals surface area contributed by atoms with Crippen molar-refractivity contribution in [3.63, 3.8) is 0 Å². The van der Waals surface area contributed by atoms with Crippen LogP contribution in [0.2, 0.25) is 0 Å². The van der Waals surface area contributed by atoms with E-state index in [0.717, 1.165) is 4.47 Å². The fourth-order valence-corrected chi connectivity index (χ4v) is 1.97. The molecule has 0 aliphatic rings. The number of rotatable bonds is 5. The molecule has 0 aliphatic heterocycles. The number of hydrogen-bond acceptors (Lipinski definition) is 3. The van der Waals surface area contributed by atoms with E-state index in [2.05, 4.69) is 21.2 Å². The lowest BCUT2D eigenvalue weighted by atomic mass is 10.1. The van der Waals surface area contributed by atoms with E-state index >= 15 is 0 Å². The minimum atomic E-state index is -0.890. The molecule has 16 heavy (non-hydrogen) atoms. The highest BCUT2D eigenvalue weighted by Crippen LogP contribution is 2.28. The fourth-order valence-electron chi connectivity index (χ4n) is 1.41. The summed E-state index contributed by atoms with van der Waals surface area (Å²) in [5.41, 5.74) is 0.696. The molecule has 0 heterocycles. The minimum Gasteiger partial charge on any atom is -0.496 e. The van der Waals surface area contributed by atoms with Crippen LogP contribution >= 0.6 is 15.9 Å². The van der Waals surface area contributed by atoms with Crippen LogP contribution in [0.5, 0.6) is 5.75 Å². The van der Waals surface area contributed by atoms with Crippen molar-refractivity contribution in [2.45, 2.75) is 13.0 Å². The Balaban J connectivity index is 3.01. The highest BCUT2D eigenvalue weighted by Gasteiger charge is 2.19. The molecule has 0 bridgehead atoms. The molecule has 1 atom stereocenters. The minimum absolute atomic E-state index is 0.598. The summed E-state index contributed by atoms with van der Waals surface area (Å²) < 4.78 is 5.83. The highest BCUT2D eigenvalue weighted by molar-refractivity contribution is 9.10. The summed E-state index contributed by atoms with van der Waals surface area (Å²) in [7, 11) is 1.57. The smallest absolute Gasteiger partial charge is 0.325 e. The fraction of sp³-hybridized carbons (Fsp3) is 0.364. The van der Waals surface area contributed by atoms with Crippen molar-refractivity contribution in [3.8, 4) is 5.75 Å². The summed E-state index contributed by atoms with van der Waals surface area (Å²) in [6.45, 7) is 2.47. The maximum Gasteiger partial charge on any atom is 0.325 e. The van der Waals surface area contributed by atoms with Gasteiger partial charge in [0.05, 0.1) is 11.6 Å². The Kier molecular flexibility index (Phi) is 4.76. The zero-order valence-electron chi connectivity index (χ0n) is 9.16. The third-order valence-electron chi connectivity index (χ3n) is 2.16. The van der Waals surface area contributed by atoms with Gasteiger partial charge in [-0.1, -0.05) is 13.0 Å². The van der Waals surface area contributed by atoms with Gasteiger partial charge >= 0.3 is 5.97 Å². The summed E-state index contributed by atoms with van der Waals surface area (Å²) in [6.07, 6.45) is 0. The van der Waals surface area contributed by atoms with E-state index < -0.39 is 12.0 Å². The van der Waals surface area contributed by atoms with Crippen LogP contribution in [-0.2, 0) is 4.79 Å². The van der Waals surface area contributed by atoms with Crippen LogP contribution in [0.15, 0.2) is 22.7 Å². The van der Waals surface area contributed by atoms with Gasteiger partial charge in [0.2, 0.25) is 0 Å². The lowest BCUT2D eigenvalue weighted by molar-refractivity contribution is -0.139. The quantitative estimate of drug-likeness (QED) is 0.872. The number of hydrogen-bond donors (Lipinski definition) is 2. The van der Waals surface area contributed by atoms with E-state index in [1.54, 1.807) is 25.3 Å². The number of aliphatic carboxylic acids is 1. The summed E-state index contributed by atoms with van der Waals surface area (Å²) in [5, 5.41) is 12.0. The molecule has 0 fully saturated rings. The standard InChI is InChI=1S/C11H14BrNO3/c1-3-13-10(11(14)15)7-4-5-9(16-2)8(12)6-7/h4-6,10,13H,3H2,1-2H3,(H,14,15). The third-order valence-corrected chi connectivity index (χ3v) is 2.78. The highest BCUT2D eigenvalue weighted by atomic mass is 79.9. The van der Waals surface area contributed by atoms with Gasteiger partial charge in [-0.15, -0.1) is 0 Å². The van der Waals surface area contributed by atoms with Crippen LogP contribution in [0.25, 0.3) is 0 Å². The predicted molar refractivity (Wildman–Crippen MR) is 64.7 cm³/mol. The number of nitrogens with one attached hydrogen (secondary N) is 1. The second-order valence-corrected chi connectivity index (χ2v) is 4.08. The van der Waals surface area contributed by atoms with Crippen molar-refractivity contribution < 1.29 is 14.6 Å². The molecule has 4 nitrogen and oxygen atoms in total. The molecule has 0 aliphatic carbocycles. The van der Waals surface area contributed by atoms with Crippen LogP contribution in [0.1, 0.15) is 18.5 Å². The molecule has 0 saturated heterocycles. The lowest BCUT2D eigenvalue weighted by Gasteiger charge is -2.14. The molecule has 0 radical (unpaired) electrons. The summed E-state index contributed by atoms with van der Waals surface area (Å²) >= 11 is 3.33. The number of likely N-dealkylation sites (N-methyl/N-ethyl adjacent to an activating group) is 1. The molecule has 2 N–H and O–H groups in total. The Hall–Kier alpha value is -1.07. The normalized spacial score (nSPS) is 12.2. The van der Waals surface area contributed by atoms with Gasteiger partial charge in [0.15, 0.2) is 0 Å². The molecular weight excluding hydrogens is 274 g/mol. The van der Waals surface area contributed by atoms with Crippen molar-refractivity contribution >= 4 is 21.9 Å². The molecule has 1 aromatic rings. The van der Waals surface area contributed by atoms with Crippen LogP contribution in [0.3, 0.4) is 0 Å². The van der Waals surface area contributed by atoms with Crippen molar-refractivity contribution in [3.05, 3.63) is 28.2 Å². The first-order valence-corrected chi connectivity index (χ1v) is 5.69. The van der Waals surface area contributed by atoms with E-state index in [4.69, 9.17) is 9.84 Å². The van der Waals surface area contributed by atoms with Crippen molar-refractivity contribution in [2.75, 3.05) is 13.7 Å². The average molecular weight is 288 g/mol. The van der Waals surface area contributed by atoms with Crippen LogP contribution in [-0.4, -0.2) is 24.7 Å². The summed E-state index contributed by atoms with van der Waals surface area (Å²) in [6, 6.07) is 4.55. The number of methoxy groups -OCH3 is 1. The number of carboxylic acids is 1. The first kappa shape index (κ1) is 13.0. The van der Waals surface area contributed by atoms with Gasteiger partial charge in [0, 0.05) is 0 Å². The molecule has 0 aromatic heterocycles. The zero-order valence-corrected chi connectivity index (χ0v) is 10.7. The summed E-state index contributed by atoms with van der Waals surface area (Å²) in [4.78, 5) is 11.0. The van der Waals surface area contributed by atoms with E-state index in [1.807, 2.05) is 6.92 Å². The van der Waals surface area contributed by atoms with Crippen molar-refractivity contribution in [1.29, 1.82) is 0 Å². The monoisotopic (exact) mass is 287 g/mol. The molecule has 0 amide bonds. The van der Waals surface area contributed by atoms with Gasteiger partial charge in [-0.25, -0.2) is 0 Å². The number of carbonyl (C=O) groups is 1. The molecular formula is C11H14BrNO3. The number of benzene rings is 1. The van der Waals surface area contributed by atoms with Gasteiger partial charge in [-0.05, 0) is 40.2 Å². The largest absolute Gasteiger partial charge is 0.496 e. The Morgan fingerprint density at radius 3 is 2.75 bits per heavy atom. The van der Waals surface area contributed by atoms with E-state index in [9.17, 15) is 4.79 Å². The zero-order chi connectivity index (χ0) is 12.1. The van der Waals surface area contributed by atoms with Crippen LogP contribution < -0.4 is 10.1 Å². The van der Waals surface area contributed by atoms with E-state index in [1.165, 1.54) is 0 Å². The third kappa shape index (κ3) is 2.96. The maximum absolute atomic E-state index is 11.0. The molecule has 0 saturated carbocycles. The van der Waals surface area contributed by atoms with Gasteiger partial charge in [-0.2, -0.15) is 0 Å². The Morgan fingerprint density at radius 2 is 2.31 bits per heavy atom. The van der Waals surface area contributed by atoms with Crippen molar-refractivity contribution in [1.82, 2.24) is 5.32 Å². The van der Waals surface area contributed by atoms with Gasteiger partial charge in [0.25, 0.3) is 0 Å². The topological polar surface area (TPSA) is 58.6 Å². The Labute approximate surface area is 103 Å². The predicted octanol–water partition coefficient (Wildman–Crippen LogP) is 2.19. The summed E-state index contributed by atoms with van der Waals surface area (Å²) in [5.74, 6) is -0.205. The van der Waals surface area contributed by atoms with E-state index in [0.29, 0.717) is 17.9 Å². The van der Waals surface area contributed by atoms with Gasteiger partial charge < -0.3 is 15.2 Å². The molecule has 1 rings (SSSR count). The van der Waals surface area contributed by atoms with Crippen LogP contribution in [0.4, 0.5) is 0 Å². The molecule has 1 unspecified atom stereocenters. The number of halogens is 1. The van der Waals surface area contributed by atoms with E-state index in [-0.39, 0.29) is 0 Å². The second-order valence-electron chi connectivity index (χ2n) is 3.22. The first-order valence-electron chi connectivity index (χ1n) is 4.89.